The van der Waals surface area contributed by atoms with E-state index in [0.717, 1.165) is 10.6 Å². The minimum Gasteiger partial charge on any atom is -0.497 e. The first-order valence-electron chi connectivity index (χ1n) is 9.14. The largest absolute Gasteiger partial charge is 0.497 e. The molecular weight excluding hydrogens is 432 g/mol. The van der Waals surface area contributed by atoms with Crippen molar-refractivity contribution in [3.8, 4) is 5.75 Å². The predicted molar refractivity (Wildman–Crippen MR) is 119 cm³/mol. The summed E-state index contributed by atoms with van der Waals surface area (Å²) in [6.45, 7) is 6.04. The van der Waals surface area contributed by atoms with Crippen molar-refractivity contribution in [2.24, 2.45) is 0 Å². The quantitative estimate of drug-likeness (QED) is 0.562. The van der Waals surface area contributed by atoms with E-state index in [1.165, 1.54) is 34.3 Å². The Kier molecular flexibility index (Phi) is 8.39. The normalized spacial score (nSPS) is 12.6. The van der Waals surface area contributed by atoms with Crippen molar-refractivity contribution in [3.05, 3.63) is 47.5 Å². The summed E-state index contributed by atoms with van der Waals surface area (Å²) < 4.78 is 31.9. The second kappa shape index (κ2) is 10.3. The van der Waals surface area contributed by atoms with Gasteiger partial charge in [0.15, 0.2) is 0 Å². The van der Waals surface area contributed by atoms with Crippen LogP contribution in [0.4, 0.5) is 5.69 Å². The van der Waals surface area contributed by atoms with Gasteiger partial charge >= 0.3 is 0 Å². The molecular formula is C20H25ClN2O4S2. The second-order valence-electron chi connectivity index (χ2n) is 6.16. The zero-order chi connectivity index (χ0) is 21.6. The summed E-state index contributed by atoms with van der Waals surface area (Å²) in [4.78, 5) is 13.6. The number of halogens is 1. The van der Waals surface area contributed by atoms with Crippen molar-refractivity contribution in [1.82, 2.24) is 4.31 Å². The maximum Gasteiger partial charge on any atom is 0.243 e. The van der Waals surface area contributed by atoms with E-state index in [0.29, 0.717) is 13.1 Å². The average Bonchev–Trinajstić information content (AvgIpc) is 2.70. The highest BCUT2D eigenvalue weighted by atomic mass is 35.5. The van der Waals surface area contributed by atoms with Crippen LogP contribution in [-0.2, 0) is 14.8 Å². The van der Waals surface area contributed by atoms with Gasteiger partial charge in [0.1, 0.15) is 5.75 Å². The van der Waals surface area contributed by atoms with Crippen LogP contribution < -0.4 is 10.1 Å². The number of carbonyl (C=O) groups is 1. The van der Waals surface area contributed by atoms with Crippen LogP contribution in [0.5, 0.6) is 5.75 Å². The third-order valence-corrected chi connectivity index (χ3v) is 7.77. The Balaban J connectivity index is 2.16. The number of sulfonamides is 1. The van der Waals surface area contributed by atoms with Crippen LogP contribution in [0, 0.1) is 0 Å². The van der Waals surface area contributed by atoms with E-state index in [1.54, 1.807) is 27.9 Å². The molecule has 0 spiro atoms. The molecule has 0 aliphatic rings. The summed E-state index contributed by atoms with van der Waals surface area (Å²) >= 11 is 7.57. The fourth-order valence-electron chi connectivity index (χ4n) is 2.62. The molecule has 9 heteroatoms. The Morgan fingerprint density at radius 2 is 1.79 bits per heavy atom. The van der Waals surface area contributed by atoms with Crippen LogP contribution in [0.1, 0.15) is 20.8 Å². The standard InChI is InChI=1S/C20H25ClN2O4S2/c1-5-23(6-2)29(25,26)17-11-12-18(21)19(13-17)22-20(24)14(3)28-16-9-7-15(27-4)8-10-16/h7-14H,5-6H2,1-4H3,(H,22,24). The Morgan fingerprint density at radius 3 is 2.34 bits per heavy atom. The van der Waals surface area contributed by atoms with Gasteiger partial charge in [0.05, 0.1) is 28.0 Å². The van der Waals surface area contributed by atoms with Crippen LogP contribution in [0.15, 0.2) is 52.3 Å². The molecule has 0 aliphatic heterocycles. The molecule has 158 valence electrons. The van der Waals surface area contributed by atoms with Crippen LogP contribution in [0.2, 0.25) is 5.02 Å². The van der Waals surface area contributed by atoms with Gasteiger partial charge in [0.25, 0.3) is 0 Å². The van der Waals surface area contributed by atoms with Gasteiger partial charge in [0.2, 0.25) is 15.9 Å². The van der Waals surface area contributed by atoms with E-state index in [1.807, 2.05) is 24.3 Å². The topological polar surface area (TPSA) is 75.7 Å². The van der Waals surface area contributed by atoms with Crippen LogP contribution in [0.25, 0.3) is 0 Å². The van der Waals surface area contributed by atoms with E-state index in [9.17, 15) is 13.2 Å². The van der Waals surface area contributed by atoms with Gasteiger partial charge in [-0.1, -0.05) is 25.4 Å². The predicted octanol–water partition coefficient (Wildman–Crippen LogP) is 4.50. The summed E-state index contributed by atoms with van der Waals surface area (Å²) in [6.07, 6.45) is 0. The average molecular weight is 457 g/mol. The van der Waals surface area contributed by atoms with Crippen molar-refractivity contribution in [2.45, 2.75) is 35.8 Å². The first-order valence-corrected chi connectivity index (χ1v) is 11.8. The van der Waals surface area contributed by atoms with Crippen molar-refractivity contribution < 1.29 is 17.9 Å². The number of carbonyl (C=O) groups excluding carboxylic acids is 1. The van der Waals surface area contributed by atoms with Gasteiger partial charge in [-0.2, -0.15) is 4.31 Å². The molecule has 6 nitrogen and oxygen atoms in total. The van der Waals surface area contributed by atoms with Gasteiger partial charge in [-0.3, -0.25) is 4.79 Å². The lowest BCUT2D eigenvalue weighted by atomic mass is 10.3. The van der Waals surface area contributed by atoms with E-state index in [-0.39, 0.29) is 21.5 Å². The lowest BCUT2D eigenvalue weighted by molar-refractivity contribution is -0.115. The highest BCUT2D eigenvalue weighted by Gasteiger charge is 2.23. The number of amides is 1. The molecule has 0 fully saturated rings. The maximum atomic E-state index is 12.7. The van der Waals surface area contributed by atoms with Crippen LogP contribution in [-0.4, -0.2) is 44.1 Å². The van der Waals surface area contributed by atoms with Crippen molar-refractivity contribution >= 4 is 45.0 Å². The zero-order valence-electron chi connectivity index (χ0n) is 16.8. The number of nitrogens with one attached hydrogen (secondary N) is 1. The Morgan fingerprint density at radius 1 is 1.17 bits per heavy atom. The molecule has 0 saturated carbocycles. The first kappa shape index (κ1) is 23.5. The summed E-state index contributed by atoms with van der Waals surface area (Å²) in [7, 11) is -2.05. The fraction of sp³-hybridized carbons (Fsp3) is 0.350. The molecule has 2 rings (SSSR count). The third-order valence-electron chi connectivity index (χ3n) is 4.28. The highest BCUT2D eigenvalue weighted by Crippen LogP contribution is 2.29. The molecule has 1 unspecified atom stereocenters. The summed E-state index contributed by atoms with van der Waals surface area (Å²) in [5.41, 5.74) is 0.270. The van der Waals surface area contributed by atoms with E-state index < -0.39 is 15.3 Å². The van der Waals surface area contributed by atoms with Crippen molar-refractivity contribution in [1.29, 1.82) is 0 Å². The van der Waals surface area contributed by atoms with Crippen LogP contribution >= 0.6 is 23.4 Å². The number of hydrogen-bond acceptors (Lipinski definition) is 5. The second-order valence-corrected chi connectivity index (χ2v) is 9.92. The molecule has 0 aromatic heterocycles. The van der Waals surface area contributed by atoms with Gasteiger partial charge in [0, 0.05) is 18.0 Å². The monoisotopic (exact) mass is 456 g/mol. The number of benzene rings is 2. The Hall–Kier alpha value is -1.74. The molecule has 29 heavy (non-hydrogen) atoms. The summed E-state index contributed by atoms with van der Waals surface area (Å²) in [6, 6.07) is 11.7. The summed E-state index contributed by atoms with van der Waals surface area (Å²) in [5.74, 6) is 0.467. The lowest BCUT2D eigenvalue weighted by Crippen LogP contribution is -2.30. The number of nitrogens with zero attached hydrogens (tertiary/aromatic N) is 1. The van der Waals surface area contributed by atoms with E-state index >= 15 is 0 Å². The SMILES string of the molecule is CCN(CC)S(=O)(=O)c1ccc(Cl)c(NC(=O)C(C)Sc2ccc(OC)cc2)c1. The number of anilines is 1. The number of thioether (sulfide) groups is 1. The van der Waals surface area contributed by atoms with Crippen LogP contribution in [0.3, 0.4) is 0 Å². The lowest BCUT2D eigenvalue weighted by Gasteiger charge is -2.19. The van der Waals surface area contributed by atoms with Gasteiger partial charge in [-0.25, -0.2) is 8.42 Å². The molecule has 0 radical (unpaired) electrons. The van der Waals surface area contributed by atoms with Gasteiger partial charge in [-0.05, 0) is 49.4 Å². The molecule has 0 saturated heterocycles. The number of rotatable bonds is 9. The first-order chi connectivity index (χ1) is 13.7. The van der Waals surface area contributed by atoms with Gasteiger partial charge < -0.3 is 10.1 Å². The molecule has 2 aromatic carbocycles. The Bertz CT molecular complexity index is 945. The minimum atomic E-state index is -3.65. The number of ether oxygens (including phenoxy) is 1. The van der Waals surface area contributed by atoms with Crippen molar-refractivity contribution in [2.75, 3.05) is 25.5 Å². The minimum absolute atomic E-state index is 0.0939. The molecule has 1 amide bonds. The molecule has 0 aliphatic carbocycles. The smallest absolute Gasteiger partial charge is 0.243 e. The van der Waals surface area contributed by atoms with Gasteiger partial charge in [-0.15, -0.1) is 11.8 Å². The molecule has 1 atom stereocenters. The highest BCUT2D eigenvalue weighted by molar-refractivity contribution is 8.00. The molecule has 0 bridgehead atoms. The van der Waals surface area contributed by atoms with Crippen molar-refractivity contribution in [3.63, 3.8) is 0 Å². The number of hydrogen-bond donors (Lipinski definition) is 1. The zero-order valence-corrected chi connectivity index (χ0v) is 19.2. The third kappa shape index (κ3) is 5.88. The maximum absolute atomic E-state index is 12.7. The molecule has 0 heterocycles. The van der Waals surface area contributed by atoms with E-state index in [4.69, 9.17) is 16.3 Å². The molecule has 1 N–H and O–H groups in total. The fourth-order valence-corrected chi connectivity index (χ4v) is 5.14. The van der Waals surface area contributed by atoms with E-state index in [2.05, 4.69) is 5.32 Å². The summed E-state index contributed by atoms with van der Waals surface area (Å²) in [5, 5.41) is 2.60. The molecule has 2 aromatic rings. The Labute approximate surface area is 181 Å². The number of methoxy groups -OCH3 is 1.